The van der Waals surface area contributed by atoms with E-state index in [9.17, 15) is 8.42 Å². The highest BCUT2D eigenvalue weighted by Crippen LogP contribution is 2.25. The van der Waals surface area contributed by atoms with E-state index < -0.39 is 10.0 Å². The number of ether oxygens (including phenoxy) is 1. The number of anilines is 1. The fourth-order valence-electron chi connectivity index (χ4n) is 2.34. The van der Waals surface area contributed by atoms with Crippen molar-refractivity contribution < 1.29 is 13.2 Å². The van der Waals surface area contributed by atoms with Crippen molar-refractivity contribution in [3.63, 3.8) is 0 Å². The minimum absolute atomic E-state index is 0.210. The number of nitrogens with two attached hydrogens (primary N) is 1. The number of rotatable bonds is 7. The van der Waals surface area contributed by atoms with Crippen LogP contribution in [0.1, 0.15) is 19.8 Å². The molecule has 0 radical (unpaired) electrons. The van der Waals surface area contributed by atoms with E-state index in [0.29, 0.717) is 17.7 Å². The molecular formula is C14H21N3O3S. The van der Waals surface area contributed by atoms with E-state index in [0.717, 1.165) is 18.4 Å². The van der Waals surface area contributed by atoms with Crippen LogP contribution in [0.3, 0.4) is 0 Å². The molecule has 7 heteroatoms. The summed E-state index contributed by atoms with van der Waals surface area (Å²) >= 11 is 0. The molecule has 1 aromatic carbocycles. The zero-order chi connectivity index (χ0) is 15.5. The molecule has 0 aliphatic rings. The normalized spacial score (nSPS) is 13.6. The Kier molecular flexibility index (Phi) is 4.87. The number of nitrogens with one attached hydrogen (secondary N) is 2. The molecule has 2 aromatic rings. The van der Waals surface area contributed by atoms with Gasteiger partial charge in [0, 0.05) is 35.9 Å². The Morgan fingerprint density at radius 2 is 2.19 bits per heavy atom. The van der Waals surface area contributed by atoms with Crippen molar-refractivity contribution in [2.45, 2.75) is 30.7 Å². The van der Waals surface area contributed by atoms with Crippen molar-refractivity contribution in [2.24, 2.45) is 0 Å². The Bertz CT molecular complexity index is 703. The van der Waals surface area contributed by atoms with Crippen LogP contribution in [-0.4, -0.2) is 33.2 Å². The highest BCUT2D eigenvalue weighted by Gasteiger charge is 2.22. The zero-order valence-electron chi connectivity index (χ0n) is 12.2. The minimum Gasteiger partial charge on any atom is -0.399 e. The number of H-pyrrole nitrogens is 1. The van der Waals surface area contributed by atoms with E-state index in [4.69, 9.17) is 10.5 Å². The summed E-state index contributed by atoms with van der Waals surface area (Å²) in [5.74, 6) is 0. The molecule has 0 bridgehead atoms. The van der Waals surface area contributed by atoms with Gasteiger partial charge in [-0.3, -0.25) is 0 Å². The number of benzene rings is 1. The lowest BCUT2D eigenvalue weighted by Gasteiger charge is -2.16. The predicted molar refractivity (Wildman–Crippen MR) is 83.6 cm³/mol. The maximum Gasteiger partial charge on any atom is 0.243 e. The second-order valence-corrected chi connectivity index (χ2v) is 6.70. The molecule has 0 saturated carbocycles. The smallest absolute Gasteiger partial charge is 0.243 e. The molecule has 0 saturated heterocycles. The van der Waals surface area contributed by atoms with E-state index in [1.54, 1.807) is 25.3 Å². The van der Waals surface area contributed by atoms with Crippen molar-refractivity contribution in [2.75, 3.05) is 19.5 Å². The maximum absolute atomic E-state index is 12.6. The van der Waals surface area contributed by atoms with Gasteiger partial charge in [0.05, 0.1) is 6.61 Å². The fraction of sp³-hybridized carbons (Fsp3) is 0.429. The van der Waals surface area contributed by atoms with Crippen molar-refractivity contribution in [1.82, 2.24) is 9.71 Å². The number of hydrogen-bond donors (Lipinski definition) is 3. The fourth-order valence-corrected chi connectivity index (χ4v) is 3.77. The number of methoxy groups -OCH3 is 1. The zero-order valence-corrected chi connectivity index (χ0v) is 13.0. The Morgan fingerprint density at radius 3 is 2.86 bits per heavy atom. The largest absolute Gasteiger partial charge is 0.399 e. The second-order valence-electron chi connectivity index (χ2n) is 5.02. The van der Waals surface area contributed by atoms with Crippen LogP contribution in [0.2, 0.25) is 0 Å². The molecule has 0 aliphatic heterocycles. The number of sulfonamides is 1. The van der Waals surface area contributed by atoms with Gasteiger partial charge in [0.2, 0.25) is 10.0 Å². The van der Waals surface area contributed by atoms with Crippen LogP contribution in [0.25, 0.3) is 10.9 Å². The monoisotopic (exact) mass is 311 g/mol. The van der Waals surface area contributed by atoms with Gasteiger partial charge in [0.15, 0.2) is 0 Å². The molecule has 1 unspecified atom stereocenters. The van der Waals surface area contributed by atoms with E-state index >= 15 is 0 Å². The first-order valence-electron chi connectivity index (χ1n) is 6.85. The molecule has 1 aromatic heterocycles. The van der Waals surface area contributed by atoms with Crippen LogP contribution in [0.5, 0.6) is 0 Å². The quantitative estimate of drug-likeness (QED) is 0.680. The molecule has 1 atom stereocenters. The number of aromatic amines is 1. The Balaban J connectivity index is 2.34. The molecule has 21 heavy (non-hydrogen) atoms. The summed E-state index contributed by atoms with van der Waals surface area (Å²) in [6, 6.07) is 4.91. The lowest BCUT2D eigenvalue weighted by Crippen LogP contribution is -2.37. The molecule has 0 aliphatic carbocycles. The first kappa shape index (κ1) is 15.8. The molecule has 2 rings (SSSR count). The molecule has 1 heterocycles. The van der Waals surface area contributed by atoms with E-state index in [1.807, 2.05) is 6.92 Å². The Morgan fingerprint density at radius 1 is 1.43 bits per heavy atom. The molecule has 0 fully saturated rings. The maximum atomic E-state index is 12.6. The van der Waals surface area contributed by atoms with Crippen LogP contribution in [0.15, 0.2) is 29.3 Å². The summed E-state index contributed by atoms with van der Waals surface area (Å²) in [4.78, 5) is 3.16. The van der Waals surface area contributed by atoms with Gasteiger partial charge in [0.1, 0.15) is 4.90 Å². The number of nitrogen functional groups attached to an aromatic ring is 1. The van der Waals surface area contributed by atoms with Crippen LogP contribution < -0.4 is 10.5 Å². The van der Waals surface area contributed by atoms with Crippen LogP contribution >= 0.6 is 0 Å². The van der Waals surface area contributed by atoms with Crippen molar-refractivity contribution in [3.05, 3.63) is 24.4 Å². The standard InChI is InChI=1S/C14H21N3O3S/c1-3-4-11(9-20-2)17-21(18,19)14-8-16-13-6-5-10(15)7-12(13)14/h5-8,11,16-17H,3-4,9,15H2,1-2H3. The summed E-state index contributed by atoms with van der Waals surface area (Å²) in [5.41, 5.74) is 7.01. The molecule has 4 N–H and O–H groups in total. The molecule has 116 valence electrons. The van der Waals surface area contributed by atoms with Gasteiger partial charge in [0.25, 0.3) is 0 Å². The van der Waals surface area contributed by atoms with Gasteiger partial charge in [-0.05, 0) is 24.6 Å². The van der Waals surface area contributed by atoms with Crippen LogP contribution in [-0.2, 0) is 14.8 Å². The Hall–Kier alpha value is -1.57. The number of fused-ring (bicyclic) bond motifs is 1. The predicted octanol–water partition coefficient (Wildman–Crippen LogP) is 1.84. The SMILES string of the molecule is CCCC(COC)NS(=O)(=O)c1c[nH]c2ccc(N)cc12. The van der Waals surface area contributed by atoms with Gasteiger partial charge >= 0.3 is 0 Å². The molecule has 6 nitrogen and oxygen atoms in total. The third-order valence-electron chi connectivity index (χ3n) is 3.28. The highest BCUT2D eigenvalue weighted by atomic mass is 32.2. The lowest BCUT2D eigenvalue weighted by atomic mass is 10.2. The second kappa shape index (κ2) is 6.46. The lowest BCUT2D eigenvalue weighted by molar-refractivity contribution is 0.171. The van der Waals surface area contributed by atoms with Crippen molar-refractivity contribution in [3.8, 4) is 0 Å². The van der Waals surface area contributed by atoms with E-state index in [-0.39, 0.29) is 10.9 Å². The summed E-state index contributed by atoms with van der Waals surface area (Å²) in [5, 5.41) is 0.593. The molecular weight excluding hydrogens is 290 g/mol. The first-order valence-corrected chi connectivity index (χ1v) is 8.34. The average molecular weight is 311 g/mol. The number of hydrogen-bond acceptors (Lipinski definition) is 4. The summed E-state index contributed by atoms with van der Waals surface area (Å²) in [6.45, 7) is 2.35. The summed E-state index contributed by atoms with van der Waals surface area (Å²) in [7, 11) is -2.06. The Labute approximate surface area is 124 Å². The van der Waals surface area contributed by atoms with Crippen molar-refractivity contribution in [1.29, 1.82) is 0 Å². The van der Waals surface area contributed by atoms with Crippen LogP contribution in [0.4, 0.5) is 5.69 Å². The highest BCUT2D eigenvalue weighted by molar-refractivity contribution is 7.89. The first-order chi connectivity index (χ1) is 9.97. The van der Waals surface area contributed by atoms with Crippen LogP contribution in [0, 0.1) is 0 Å². The summed E-state index contributed by atoms with van der Waals surface area (Å²) < 4.78 is 32.9. The number of aromatic nitrogens is 1. The van der Waals surface area contributed by atoms with Crippen molar-refractivity contribution >= 4 is 26.6 Å². The molecule has 0 spiro atoms. The van der Waals surface area contributed by atoms with E-state index in [1.165, 1.54) is 6.20 Å². The van der Waals surface area contributed by atoms with Gasteiger partial charge in [-0.2, -0.15) is 0 Å². The topological polar surface area (TPSA) is 97.2 Å². The van der Waals surface area contributed by atoms with E-state index in [2.05, 4.69) is 9.71 Å². The van der Waals surface area contributed by atoms with Gasteiger partial charge < -0.3 is 15.5 Å². The van der Waals surface area contributed by atoms with Gasteiger partial charge in [-0.25, -0.2) is 13.1 Å². The van der Waals surface area contributed by atoms with Gasteiger partial charge in [-0.1, -0.05) is 13.3 Å². The van der Waals surface area contributed by atoms with Gasteiger partial charge in [-0.15, -0.1) is 0 Å². The third-order valence-corrected chi connectivity index (χ3v) is 4.84. The summed E-state index contributed by atoms with van der Waals surface area (Å²) in [6.07, 6.45) is 3.08. The molecule has 0 amide bonds. The third kappa shape index (κ3) is 3.55. The average Bonchev–Trinajstić information content (AvgIpc) is 2.82. The minimum atomic E-state index is -3.62.